The highest BCUT2D eigenvalue weighted by molar-refractivity contribution is 7.09. The van der Waals surface area contributed by atoms with Crippen LogP contribution in [-0.4, -0.2) is 45.1 Å². The van der Waals surface area contributed by atoms with Gasteiger partial charge in [0.1, 0.15) is 5.65 Å². The lowest BCUT2D eigenvalue weighted by atomic mass is 9.99. The van der Waals surface area contributed by atoms with Crippen molar-refractivity contribution in [2.75, 3.05) is 30.3 Å². The topological polar surface area (TPSA) is 87.1 Å². The highest BCUT2D eigenvalue weighted by atomic mass is 35.5. The SMILES string of the molecule is C=C(C)N1CCCC1c1cc(Cl)c(-c2cc3cnc(Nc4ccc(NC5CCNC5)cc4)nc3n(Cc3cccs3)c2=O)c(Cl)c1. The van der Waals surface area contributed by atoms with Crippen molar-refractivity contribution >= 4 is 62.9 Å². The van der Waals surface area contributed by atoms with Gasteiger partial charge >= 0.3 is 0 Å². The van der Waals surface area contributed by atoms with Crippen molar-refractivity contribution in [2.45, 2.75) is 44.8 Å². The summed E-state index contributed by atoms with van der Waals surface area (Å²) in [6.45, 7) is 9.49. The molecule has 0 radical (unpaired) electrons. The van der Waals surface area contributed by atoms with Crippen LogP contribution in [0.4, 0.5) is 17.3 Å². The molecule has 0 aliphatic carbocycles. The molecule has 8 nitrogen and oxygen atoms in total. The number of likely N-dealkylation sites (tertiary alicyclic amines) is 1. The van der Waals surface area contributed by atoms with Crippen LogP contribution in [0.1, 0.15) is 42.7 Å². The fraction of sp³-hybridized carbons (Fsp3) is 0.286. The molecule has 236 valence electrons. The molecule has 0 spiro atoms. The van der Waals surface area contributed by atoms with Gasteiger partial charge in [0.2, 0.25) is 5.95 Å². The summed E-state index contributed by atoms with van der Waals surface area (Å²) in [5.74, 6) is 0.402. The lowest BCUT2D eigenvalue weighted by Crippen LogP contribution is -2.24. The van der Waals surface area contributed by atoms with Crippen LogP contribution in [0.25, 0.3) is 22.2 Å². The molecule has 0 amide bonds. The van der Waals surface area contributed by atoms with Gasteiger partial charge in [0.25, 0.3) is 5.56 Å². The van der Waals surface area contributed by atoms with E-state index in [2.05, 4.69) is 32.4 Å². The Balaban J connectivity index is 1.24. The number of fused-ring (bicyclic) bond motifs is 1. The minimum absolute atomic E-state index is 0.157. The van der Waals surface area contributed by atoms with E-state index in [1.54, 1.807) is 28.2 Å². The molecule has 11 heteroatoms. The number of hydrogen-bond donors (Lipinski definition) is 3. The Labute approximate surface area is 282 Å². The highest BCUT2D eigenvalue weighted by Crippen LogP contribution is 2.41. The Morgan fingerprint density at radius 3 is 2.59 bits per heavy atom. The van der Waals surface area contributed by atoms with E-state index in [-0.39, 0.29) is 11.6 Å². The van der Waals surface area contributed by atoms with Crippen LogP contribution in [0, 0.1) is 0 Å². The smallest absolute Gasteiger partial charge is 0.260 e. The van der Waals surface area contributed by atoms with Gasteiger partial charge in [0.05, 0.1) is 28.2 Å². The number of nitrogens with zero attached hydrogens (tertiary/aromatic N) is 4. The minimum Gasteiger partial charge on any atom is -0.381 e. The Kier molecular flexibility index (Phi) is 8.74. The van der Waals surface area contributed by atoms with Gasteiger partial charge in [-0.2, -0.15) is 4.98 Å². The number of hydrogen-bond acceptors (Lipinski definition) is 8. The quantitative estimate of drug-likeness (QED) is 0.146. The zero-order chi connectivity index (χ0) is 31.8. The van der Waals surface area contributed by atoms with Crippen molar-refractivity contribution in [2.24, 2.45) is 0 Å². The maximum Gasteiger partial charge on any atom is 0.260 e. The average Bonchev–Trinajstić information content (AvgIpc) is 3.84. The van der Waals surface area contributed by atoms with E-state index in [0.717, 1.165) is 66.4 Å². The molecular weight excluding hydrogens is 637 g/mol. The second kappa shape index (κ2) is 13.1. The van der Waals surface area contributed by atoms with E-state index >= 15 is 0 Å². The number of halogens is 2. The first kappa shape index (κ1) is 30.7. The number of allylic oxidation sites excluding steroid dienone is 1. The van der Waals surface area contributed by atoms with Gasteiger partial charge in [0, 0.05) is 58.2 Å². The van der Waals surface area contributed by atoms with Crippen LogP contribution >= 0.6 is 34.5 Å². The van der Waals surface area contributed by atoms with Crippen molar-refractivity contribution in [3.05, 3.63) is 109 Å². The maximum atomic E-state index is 14.3. The molecule has 0 bridgehead atoms. The zero-order valence-corrected chi connectivity index (χ0v) is 27.9. The molecular formula is C35H35Cl2N7OS. The van der Waals surface area contributed by atoms with Gasteiger partial charge in [-0.3, -0.25) is 9.36 Å². The molecule has 2 atom stereocenters. The van der Waals surface area contributed by atoms with E-state index < -0.39 is 0 Å². The normalized spacial score (nSPS) is 17.9. The summed E-state index contributed by atoms with van der Waals surface area (Å²) in [5, 5.41) is 13.8. The molecule has 2 unspecified atom stereocenters. The summed E-state index contributed by atoms with van der Waals surface area (Å²) in [7, 11) is 0. The van der Waals surface area contributed by atoms with E-state index in [0.29, 0.717) is 50.7 Å². The monoisotopic (exact) mass is 671 g/mol. The summed E-state index contributed by atoms with van der Waals surface area (Å²) < 4.78 is 1.69. The lowest BCUT2D eigenvalue weighted by molar-refractivity contribution is 0.329. The van der Waals surface area contributed by atoms with Crippen molar-refractivity contribution in [3.8, 4) is 11.1 Å². The Morgan fingerprint density at radius 2 is 1.89 bits per heavy atom. The van der Waals surface area contributed by atoms with Gasteiger partial charge in [-0.1, -0.05) is 35.8 Å². The third-order valence-corrected chi connectivity index (χ3v) is 10.2. The standard InChI is InChI=1S/C35H35Cl2N7OS/c1-21(2)43-13-3-6-31(43)22-16-29(36)32(30(37)17-22)28-15-23-18-39-35(42-33(23)44(34(28)45)20-27-5-4-14-46-27)41-25-9-7-24(8-10-25)40-26-11-12-38-19-26/h4-5,7-10,14-18,26,31,38,40H,1,3,6,11-13,19-20H2,2H3,(H,39,41,42). The Bertz CT molecular complexity index is 1930. The fourth-order valence-electron chi connectivity index (χ4n) is 6.51. The molecule has 2 aromatic carbocycles. The van der Waals surface area contributed by atoms with E-state index in [1.807, 2.05) is 60.8 Å². The molecule has 2 fully saturated rings. The molecule has 7 rings (SSSR count). The molecule has 46 heavy (non-hydrogen) atoms. The van der Waals surface area contributed by atoms with Gasteiger partial charge in [-0.15, -0.1) is 11.3 Å². The van der Waals surface area contributed by atoms with Crippen LogP contribution in [0.5, 0.6) is 0 Å². The number of aromatic nitrogens is 3. The third kappa shape index (κ3) is 6.25. The van der Waals surface area contributed by atoms with Crippen molar-refractivity contribution in [3.63, 3.8) is 0 Å². The molecule has 2 aliphatic heterocycles. The molecule has 3 N–H and O–H groups in total. The minimum atomic E-state index is -0.219. The second-order valence-electron chi connectivity index (χ2n) is 12.0. The Hall–Kier alpha value is -3.89. The lowest BCUT2D eigenvalue weighted by Gasteiger charge is -2.27. The molecule has 5 aromatic rings. The van der Waals surface area contributed by atoms with Crippen molar-refractivity contribution in [1.29, 1.82) is 0 Å². The molecule has 5 heterocycles. The van der Waals surface area contributed by atoms with E-state index in [4.69, 9.17) is 28.2 Å². The molecule has 2 saturated heterocycles. The third-order valence-electron chi connectivity index (χ3n) is 8.75. The van der Waals surface area contributed by atoms with Crippen LogP contribution in [0.15, 0.2) is 83.2 Å². The van der Waals surface area contributed by atoms with Gasteiger partial charge < -0.3 is 20.9 Å². The largest absolute Gasteiger partial charge is 0.381 e. The summed E-state index contributed by atoms with van der Waals surface area (Å²) in [6, 6.07) is 18.3. The maximum absolute atomic E-state index is 14.3. The van der Waals surface area contributed by atoms with Crippen LogP contribution in [0.3, 0.4) is 0 Å². The number of rotatable bonds is 9. The van der Waals surface area contributed by atoms with Crippen LogP contribution in [0.2, 0.25) is 10.0 Å². The predicted molar refractivity (Wildman–Crippen MR) is 191 cm³/mol. The first-order chi connectivity index (χ1) is 22.3. The molecule has 2 aliphatic rings. The second-order valence-corrected chi connectivity index (χ2v) is 13.8. The number of thiophene rings is 1. The van der Waals surface area contributed by atoms with Crippen molar-refractivity contribution in [1.82, 2.24) is 24.8 Å². The van der Waals surface area contributed by atoms with Gasteiger partial charge in [-0.05, 0) is 92.2 Å². The number of nitrogens with one attached hydrogen (secondary N) is 3. The average molecular weight is 673 g/mol. The first-order valence-electron chi connectivity index (χ1n) is 15.5. The summed E-state index contributed by atoms with van der Waals surface area (Å²) >= 11 is 15.5. The van der Waals surface area contributed by atoms with Gasteiger partial charge in [-0.25, -0.2) is 4.98 Å². The molecule has 0 saturated carbocycles. The predicted octanol–water partition coefficient (Wildman–Crippen LogP) is 8.06. The van der Waals surface area contributed by atoms with E-state index in [1.165, 1.54) is 0 Å². The molecule has 3 aromatic heterocycles. The number of anilines is 3. The summed E-state index contributed by atoms with van der Waals surface area (Å²) in [6.07, 6.45) is 4.92. The van der Waals surface area contributed by atoms with E-state index in [9.17, 15) is 4.79 Å². The summed E-state index contributed by atoms with van der Waals surface area (Å²) in [4.78, 5) is 27.0. The highest BCUT2D eigenvalue weighted by Gasteiger charge is 2.28. The van der Waals surface area contributed by atoms with Crippen LogP contribution < -0.4 is 21.5 Å². The van der Waals surface area contributed by atoms with Crippen molar-refractivity contribution < 1.29 is 0 Å². The zero-order valence-electron chi connectivity index (χ0n) is 25.5. The van der Waals surface area contributed by atoms with Crippen LogP contribution in [-0.2, 0) is 6.54 Å². The van der Waals surface area contributed by atoms with Gasteiger partial charge in [0.15, 0.2) is 0 Å². The Morgan fingerprint density at radius 1 is 1.11 bits per heavy atom. The first-order valence-corrected chi connectivity index (χ1v) is 17.2. The summed E-state index contributed by atoms with van der Waals surface area (Å²) in [5.41, 5.74) is 5.20. The number of benzene rings is 2. The number of pyridine rings is 1. The fourth-order valence-corrected chi connectivity index (χ4v) is 7.91.